The van der Waals surface area contributed by atoms with E-state index in [1.807, 2.05) is 12.1 Å². The van der Waals surface area contributed by atoms with E-state index in [2.05, 4.69) is 6.58 Å². The first-order valence-electron chi connectivity index (χ1n) is 4.27. The molecule has 2 heteroatoms. The molecule has 0 aliphatic rings. The molecule has 1 rings (SSSR count). The molecular weight excluding hydrogens is 176 g/mol. The summed E-state index contributed by atoms with van der Waals surface area (Å²) in [6, 6.07) is 7.14. The molecule has 0 atom stereocenters. The Kier molecular flexibility index (Phi) is 3.24. The predicted octanol–water partition coefficient (Wildman–Crippen LogP) is 2.82. The normalized spacial score (nSPS) is 11.1. The van der Waals surface area contributed by atoms with E-state index in [9.17, 15) is 9.90 Å². The summed E-state index contributed by atoms with van der Waals surface area (Å²) in [5.74, 6) is -0.177. The summed E-state index contributed by atoms with van der Waals surface area (Å²) in [4.78, 5) is 10.7. The monoisotopic (exact) mass is 188 g/mol. The summed E-state index contributed by atoms with van der Waals surface area (Å²) in [6.45, 7) is 5.02. The molecule has 2 nitrogen and oxygen atoms in total. The number of carbonyl (C=O) groups excluding carboxylic acids is 1. The summed E-state index contributed by atoms with van der Waals surface area (Å²) in [5.41, 5.74) is 1.61. The molecule has 0 heterocycles. The Hall–Kier alpha value is -1.83. The van der Waals surface area contributed by atoms with Crippen LogP contribution in [0.3, 0.4) is 0 Å². The van der Waals surface area contributed by atoms with Gasteiger partial charge >= 0.3 is 0 Å². The van der Waals surface area contributed by atoms with Gasteiger partial charge in [-0.05, 0) is 12.5 Å². The molecular formula is C12H12O2. The molecule has 14 heavy (non-hydrogen) atoms. The molecule has 0 unspecified atom stereocenters. The maximum absolute atomic E-state index is 10.7. The fourth-order valence-electron chi connectivity index (χ4n) is 1.07. The lowest BCUT2D eigenvalue weighted by Crippen LogP contribution is -1.88. The van der Waals surface area contributed by atoms with Gasteiger partial charge in [-0.25, -0.2) is 0 Å². The topological polar surface area (TPSA) is 37.3 Å². The van der Waals surface area contributed by atoms with Gasteiger partial charge in [-0.2, -0.15) is 0 Å². The Morgan fingerprint density at radius 3 is 2.36 bits per heavy atom. The van der Waals surface area contributed by atoms with Crippen molar-refractivity contribution in [1.82, 2.24) is 0 Å². The van der Waals surface area contributed by atoms with E-state index >= 15 is 0 Å². The standard InChI is InChI=1S/C12H12O2/c1-3-10-4-6-11(7-5-10)12(14)8-9(2)13/h3-8,14H,1H2,2H3. The van der Waals surface area contributed by atoms with Crippen LogP contribution in [0.1, 0.15) is 18.1 Å². The Labute approximate surface area is 83.2 Å². The minimum atomic E-state index is -0.171. The quantitative estimate of drug-likeness (QED) is 0.585. The second-order valence-electron chi connectivity index (χ2n) is 2.97. The molecule has 1 aromatic rings. The van der Waals surface area contributed by atoms with Gasteiger partial charge in [0.2, 0.25) is 0 Å². The average Bonchev–Trinajstić information content (AvgIpc) is 2.17. The fourth-order valence-corrected chi connectivity index (χ4v) is 1.07. The van der Waals surface area contributed by atoms with Crippen LogP contribution in [-0.4, -0.2) is 10.9 Å². The highest BCUT2D eigenvalue weighted by molar-refractivity contribution is 5.93. The largest absolute Gasteiger partial charge is 0.507 e. The third-order valence-electron chi connectivity index (χ3n) is 1.78. The lowest BCUT2D eigenvalue weighted by molar-refractivity contribution is -0.112. The number of carbonyl (C=O) groups is 1. The van der Waals surface area contributed by atoms with Crippen LogP contribution in [-0.2, 0) is 4.79 Å². The number of hydrogen-bond donors (Lipinski definition) is 1. The number of ketones is 1. The van der Waals surface area contributed by atoms with Gasteiger partial charge in [0.1, 0.15) is 5.76 Å². The molecule has 0 aromatic heterocycles. The first kappa shape index (κ1) is 10.3. The molecule has 72 valence electrons. The Bertz CT molecular complexity index is 372. The van der Waals surface area contributed by atoms with E-state index in [4.69, 9.17) is 0 Å². The highest BCUT2D eigenvalue weighted by Crippen LogP contribution is 2.12. The van der Waals surface area contributed by atoms with Crippen LogP contribution in [0.15, 0.2) is 36.9 Å². The van der Waals surface area contributed by atoms with Gasteiger partial charge in [0.05, 0.1) is 0 Å². The van der Waals surface area contributed by atoms with E-state index in [-0.39, 0.29) is 11.5 Å². The minimum absolute atomic E-state index is 0.00638. The molecule has 1 N–H and O–H groups in total. The maximum Gasteiger partial charge on any atom is 0.156 e. The third-order valence-corrected chi connectivity index (χ3v) is 1.78. The predicted molar refractivity (Wildman–Crippen MR) is 57.8 cm³/mol. The number of benzene rings is 1. The lowest BCUT2D eigenvalue weighted by atomic mass is 10.1. The van der Waals surface area contributed by atoms with Crippen molar-refractivity contribution in [3.05, 3.63) is 48.0 Å². The third kappa shape index (κ3) is 2.59. The van der Waals surface area contributed by atoms with E-state index in [1.54, 1.807) is 18.2 Å². The number of aliphatic hydroxyl groups excluding tert-OH is 1. The van der Waals surface area contributed by atoms with Gasteiger partial charge in [-0.1, -0.05) is 36.9 Å². The summed E-state index contributed by atoms with van der Waals surface area (Å²) >= 11 is 0. The molecule has 0 aliphatic carbocycles. The fraction of sp³-hybridized carbons (Fsp3) is 0.0833. The average molecular weight is 188 g/mol. The van der Waals surface area contributed by atoms with Gasteiger partial charge in [0.25, 0.3) is 0 Å². The van der Waals surface area contributed by atoms with Crippen LogP contribution < -0.4 is 0 Å². The second-order valence-corrected chi connectivity index (χ2v) is 2.97. The van der Waals surface area contributed by atoms with Crippen LogP contribution in [0.4, 0.5) is 0 Å². The lowest BCUT2D eigenvalue weighted by Gasteiger charge is -1.99. The van der Waals surface area contributed by atoms with Gasteiger partial charge < -0.3 is 5.11 Å². The van der Waals surface area contributed by atoms with Crippen LogP contribution >= 0.6 is 0 Å². The molecule has 0 fully saturated rings. The van der Waals surface area contributed by atoms with Crippen LogP contribution in [0, 0.1) is 0 Å². The zero-order valence-electron chi connectivity index (χ0n) is 8.03. The van der Waals surface area contributed by atoms with Crippen molar-refractivity contribution < 1.29 is 9.90 Å². The van der Waals surface area contributed by atoms with E-state index in [0.717, 1.165) is 5.56 Å². The molecule has 0 saturated carbocycles. The Morgan fingerprint density at radius 2 is 1.93 bits per heavy atom. The van der Waals surface area contributed by atoms with Crippen molar-refractivity contribution in [2.75, 3.05) is 0 Å². The van der Waals surface area contributed by atoms with Crippen molar-refractivity contribution in [3.8, 4) is 0 Å². The zero-order chi connectivity index (χ0) is 10.6. The zero-order valence-corrected chi connectivity index (χ0v) is 8.03. The van der Waals surface area contributed by atoms with Gasteiger partial charge in [0.15, 0.2) is 5.78 Å². The van der Waals surface area contributed by atoms with Crippen molar-refractivity contribution in [2.45, 2.75) is 6.92 Å². The summed E-state index contributed by atoms with van der Waals surface area (Å²) < 4.78 is 0. The summed E-state index contributed by atoms with van der Waals surface area (Å²) in [6.07, 6.45) is 2.92. The molecule has 0 spiro atoms. The molecule has 1 aromatic carbocycles. The van der Waals surface area contributed by atoms with Gasteiger partial charge in [-0.15, -0.1) is 0 Å². The second kappa shape index (κ2) is 4.42. The maximum atomic E-state index is 10.7. The minimum Gasteiger partial charge on any atom is -0.507 e. The van der Waals surface area contributed by atoms with Crippen LogP contribution in [0.2, 0.25) is 0 Å². The molecule has 0 saturated heterocycles. The highest BCUT2D eigenvalue weighted by Gasteiger charge is 1.99. The smallest absolute Gasteiger partial charge is 0.156 e. The van der Waals surface area contributed by atoms with Crippen molar-refractivity contribution >= 4 is 17.6 Å². The van der Waals surface area contributed by atoms with E-state index in [0.29, 0.717) is 5.56 Å². The van der Waals surface area contributed by atoms with E-state index < -0.39 is 0 Å². The van der Waals surface area contributed by atoms with Crippen molar-refractivity contribution in [3.63, 3.8) is 0 Å². The number of allylic oxidation sites excluding steroid dienone is 1. The molecule has 0 amide bonds. The molecule has 0 aliphatic heterocycles. The Morgan fingerprint density at radius 1 is 1.36 bits per heavy atom. The van der Waals surface area contributed by atoms with Crippen LogP contribution in [0.25, 0.3) is 11.8 Å². The van der Waals surface area contributed by atoms with Gasteiger partial charge in [-0.3, -0.25) is 4.79 Å². The van der Waals surface area contributed by atoms with Crippen molar-refractivity contribution in [2.24, 2.45) is 0 Å². The molecule has 0 radical (unpaired) electrons. The SMILES string of the molecule is C=Cc1ccc(C(O)=CC(C)=O)cc1. The summed E-state index contributed by atoms with van der Waals surface area (Å²) in [7, 11) is 0. The van der Waals surface area contributed by atoms with Crippen LogP contribution in [0.5, 0.6) is 0 Å². The first-order chi connectivity index (χ1) is 6.63. The first-order valence-corrected chi connectivity index (χ1v) is 4.27. The Balaban J connectivity index is 2.97. The number of aliphatic hydroxyl groups is 1. The highest BCUT2D eigenvalue weighted by atomic mass is 16.3. The number of rotatable bonds is 3. The van der Waals surface area contributed by atoms with Crippen molar-refractivity contribution in [1.29, 1.82) is 0 Å². The van der Waals surface area contributed by atoms with Gasteiger partial charge in [0, 0.05) is 11.6 Å². The number of hydrogen-bond acceptors (Lipinski definition) is 2. The summed E-state index contributed by atoms with van der Waals surface area (Å²) in [5, 5.41) is 9.47. The van der Waals surface area contributed by atoms with E-state index in [1.165, 1.54) is 13.0 Å². The molecule has 0 bridgehead atoms.